The number of hydrogen-bond donors (Lipinski definition) is 2. The highest BCUT2D eigenvalue weighted by Crippen LogP contribution is 2.38. The molecule has 3 N–H and O–H groups in total. The summed E-state index contributed by atoms with van der Waals surface area (Å²) in [6, 6.07) is 9.87. The van der Waals surface area contributed by atoms with Gasteiger partial charge in [-0.15, -0.1) is 0 Å². The Kier molecular flexibility index (Phi) is 7.96. The van der Waals surface area contributed by atoms with E-state index in [-0.39, 0.29) is 18.3 Å². The molecular weight excluding hydrogens is 463 g/mol. The number of nitrogens with two attached hydrogens (primary N) is 1. The molecule has 0 atom stereocenters. The van der Waals surface area contributed by atoms with E-state index < -0.39 is 0 Å². The molecule has 1 aromatic carbocycles. The summed E-state index contributed by atoms with van der Waals surface area (Å²) in [6.07, 6.45) is 5.13. The van der Waals surface area contributed by atoms with Crippen LogP contribution in [0.25, 0.3) is 11.3 Å². The molecule has 4 rings (SSSR count). The molecule has 9 nitrogen and oxygen atoms in total. The summed E-state index contributed by atoms with van der Waals surface area (Å²) in [4.78, 5) is 29.8. The number of aliphatic imine (C=N–C) groups is 1. The van der Waals surface area contributed by atoms with Crippen molar-refractivity contribution in [2.75, 3.05) is 33.1 Å². The van der Waals surface area contributed by atoms with Gasteiger partial charge in [-0.25, -0.2) is 24.3 Å². The standard InChI is InChI=1S/C26H27FN6O3/c1-35-15-24(34)30-10-3-4-23-29-11-9-20(32-23)25-19(17-12-22(36-2)26(28)31-14-17)13-21(33-25)16-5-7-18(27)8-6-16/h5-9,11-12,14H,3-4,10,13,15H2,1-2H3,(H2,28,31)(H,30,34). The number of rotatable bonds is 10. The van der Waals surface area contributed by atoms with Crippen LogP contribution >= 0.6 is 0 Å². The third kappa shape index (κ3) is 5.89. The first-order valence-electron chi connectivity index (χ1n) is 11.4. The number of anilines is 1. The SMILES string of the molecule is COCC(=O)NCCCc1nccc(C2=C(c3cnc(N)c(OC)c3)CC(c3ccc(F)cc3)=N2)n1. The van der Waals surface area contributed by atoms with Crippen molar-refractivity contribution in [1.82, 2.24) is 20.3 Å². The molecule has 1 aliphatic rings. The summed E-state index contributed by atoms with van der Waals surface area (Å²) in [5, 5.41) is 2.79. The van der Waals surface area contributed by atoms with Crippen LogP contribution in [0.2, 0.25) is 0 Å². The van der Waals surface area contributed by atoms with Crippen LogP contribution in [-0.4, -0.2) is 53.9 Å². The molecule has 0 saturated heterocycles. The number of halogens is 1. The van der Waals surface area contributed by atoms with Gasteiger partial charge in [-0.05, 0) is 41.8 Å². The number of hydrogen-bond acceptors (Lipinski definition) is 8. The fourth-order valence-corrected chi connectivity index (χ4v) is 3.84. The third-order valence-corrected chi connectivity index (χ3v) is 5.63. The van der Waals surface area contributed by atoms with E-state index in [1.54, 1.807) is 30.6 Å². The first kappa shape index (κ1) is 24.9. The van der Waals surface area contributed by atoms with Crippen LogP contribution in [0.3, 0.4) is 0 Å². The minimum atomic E-state index is -0.308. The molecule has 36 heavy (non-hydrogen) atoms. The molecule has 10 heteroatoms. The minimum Gasteiger partial charge on any atom is -0.493 e. The van der Waals surface area contributed by atoms with Gasteiger partial charge in [-0.3, -0.25) is 4.79 Å². The zero-order valence-electron chi connectivity index (χ0n) is 20.1. The van der Waals surface area contributed by atoms with Crippen molar-refractivity contribution in [3.05, 3.63) is 77.3 Å². The lowest BCUT2D eigenvalue weighted by molar-refractivity contribution is -0.124. The highest BCUT2D eigenvalue weighted by atomic mass is 19.1. The van der Waals surface area contributed by atoms with Gasteiger partial charge in [-0.1, -0.05) is 12.1 Å². The van der Waals surface area contributed by atoms with Gasteiger partial charge in [0.2, 0.25) is 5.91 Å². The van der Waals surface area contributed by atoms with Gasteiger partial charge in [0.1, 0.15) is 18.2 Å². The third-order valence-electron chi connectivity index (χ3n) is 5.63. The molecule has 0 radical (unpaired) electrons. The molecule has 0 spiro atoms. The number of carbonyl (C=O) groups is 1. The smallest absolute Gasteiger partial charge is 0.245 e. The van der Waals surface area contributed by atoms with Gasteiger partial charge in [0, 0.05) is 44.5 Å². The maximum atomic E-state index is 13.5. The normalized spacial score (nSPS) is 13.0. The lowest BCUT2D eigenvalue weighted by atomic mass is 9.98. The molecule has 1 amide bonds. The summed E-state index contributed by atoms with van der Waals surface area (Å²) in [5.41, 5.74) is 10.6. The Balaban J connectivity index is 1.63. The Hall–Kier alpha value is -4.18. The maximum absolute atomic E-state index is 13.5. The summed E-state index contributed by atoms with van der Waals surface area (Å²) >= 11 is 0. The van der Waals surface area contributed by atoms with Gasteiger partial charge in [0.25, 0.3) is 0 Å². The van der Waals surface area contributed by atoms with Gasteiger partial charge in [0.15, 0.2) is 11.6 Å². The molecule has 0 aliphatic carbocycles. The lowest BCUT2D eigenvalue weighted by Crippen LogP contribution is -2.28. The molecule has 186 valence electrons. The van der Waals surface area contributed by atoms with E-state index in [1.807, 2.05) is 6.07 Å². The average Bonchev–Trinajstić information content (AvgIpc) is 3.33. The van der Waals surface area contributed by atoms with Crippen LogP contribution in [0.1, 0.15) is 35.5 Å². The van der Waals surface area contributed by atoms with Crippen molar-refractivity contribution in [3.63, 3.8) is 0 Å². The van der Waals surface area contributed by atoms with Crippen molar-refractivity contribution < 1.29 is 18.7 Å². The Morgan fingerprint density at radius 2 is 1.94 bits per heavy atom. The number of nitrogen functional groups attached to an aromatic ring is 1. The number of allylic oxidation sites excluding steroid dienone is 1. The highest BCUT2D eigenvalue weighted by Gasteiger charge is 2.24. The number of ether oxygens (including phenoxy) is 2. The Morgan fingerprint density at radius 1 is 1.14 bits per heavy atom. The largest absolute Gasteiger partial charge is 0.493 e. The topological polar surface area (TPSA) is 125 Å². The number of nitrogens with zero attached hydrogens (tertiary/aromatic N) is 4. The van der Waals surface area contributed by atoms with E-state index in [2.05, 4.69) is 15.3 Å². The van der Waals surface area contributed by atoms with Crippen LogP contribution in [-0.2, 0) is 16.0 Å². The van der Waals surface area contributed by atoms with E-state index in [0.29, 0.717) is 54.6 Å². The monoisotopic (exact) mass is 490 g/mol. The van der Waals surface area contributed by atoms with E-state index in [4.69, 9.17) is 25.2 Å². The second-order valence-electron chi connectivity index (χ2n) is 8.13. The summed E-state index contributed by atoms with van der Waals surface area (Å²) in [6.45, 7) is 0.523. The minimum absolute atomic E-state index is 0.0298. The summed E-state index contributed by atoms with van der Waals surface area (Å²) in [7, 11) is 3.02. The lowest BCUT2D eigenvalue weighted by Gasteiger charge is -2.10. The summed E-state index contributed by atoms with van der Waals surface area (Å²) < 4.78 is 23.7. The molecule has 0 unspecified atom stereocenters. The average molecular weight is 491 g/mol. The van der Waals surface area contributed by atoms with Gasteiger partial charge < -0.3 is 20.5 Å². The summed E-state index contributed by atoms with van der Waals surface area (Å²) in [5.74, 6) is 0.926. The van der Waals surface area contributed by atoms with Crippen LogP contribution in [0.15, 0.2) is 53.8 Å². The van der Waals surface area contributed by atoms with E-state index in [1.165, 1.54) is 26.4 Å². The van der Waals surface area contributed by atoms with Gasteiger partial charge >= 0.3 is 0 Å². The number of amides is 1. The van der Waals surface area contributed by atoms with Crippen molar-refractivity contribution >= 4 is 28.7 Å². The fraction of sp³-hybridized carbons (Fsp3) is 0.269. The Bertz CT molecular complexity index is 1310. The second kappa shape index (κ2) is 11.5. The van der Waals surface area contributed by atoms with Crippen molar-refractivity contribution in [2.45, 2.75) is 19.3 Å². The second-order valence-corrected chi connectivity index (χ2v) is 8.13. The Morgan fingerprint density at radius 3 is 2.69 bits per heavy atom. The van der Waals surface area contributed by atoms with Crippen molar-refractivity contribution in [1.29, 1.82) is 0 Å². The zero-order chi connectivity index (χ0) is 25.5. The first-order chi connectivity index (χ1) is 17.5. The number of aryl methyl sites for hydroxylation is 1. The first-order valence-corrected chi connectivity index (χ1v) is 11.4. The van der Waals surface area contributed by atoms with Gasteiger partial charge in [0.05, 0.1) is 24.2 Å². The quantitative estimate of drug-likeness (QED) is 0.419. The number of methoxy groups -OCH3 is 2. The Labute approximate surface area is 208 Å². The number of pyridine rings is 1. The van der Waals surface area contributed by atoms with Crippen LogP contribution in [0.4, 0.5) is 10.2 Å². The van der Waals surface area contributed by atoms with Crippen LogP contribution < -0.4 is 15.8 Å². The van der Waals surface area contributed by atoms with Crippen molar-refractivity contribution in [3.8, 4) is 5.75 Å². The fourth-order valence-electron chi connectivity index (χ4n) is 3.84. The molecule has 1 aliphatic heterocycles. The molecule has 0 saturated carbocycles. The molecule has 2 aromatic heterocycles. The van der Waals surface area contributed by atoms with Crippen molar-refractivity contribution in [2.24, 2.45) is 4.99 Å². The molecule has 0 bridgehead atoms. The highest BCUT2D eigenvalue weighted by molar-refractivity contribution is 6.16. The predicted octanol–water partition coefficient (Wildman–Crippen LogP) is 3.06. The number of nitrogens with one attached hydrogen (secondary N) is 1. The molecule has 3 heterocycles. The molecule has 0 fully saturated rings. The van der Waals surface area contributed by atoms with E-state index in [9.17, 15) is 9.18 Å². The number of benzene rings is 1. The number of aromatic nitrogens is 3. The van der Waals surface area contributed by atoms with Crippen LogP contribution in [0, 0.1) is 5.82 Å². The van der Waals surface area contributed by atoms with E-state index in [0.717, 1.165) is 22.4 Å². The molecule has 3 aromatic rings. The molecular formula is C26H27FN6O3. The van der Waals surface area contributed by atoms with Gasteiger partial charge in [-0.2, -0.15) is 0 Å². The van der Waals surface area contributed by atoms with E-state index >= 15 is 0 Å². The number of carbonyl (C=O) groups excluding carboxylic acids is 1. The maximum Gasteiger partial charge on any atom is 0.245 e. The predicted molar refractivity (Wildman–Crippen MR) is 135 cm³/mol. The zero-order valence-corrected chi connectivity index (χ0v) is 20.1. The van der Waals surface area contributed by atoms with Crippen LogP contribution in [0.5, 0.6) is 5.75 Å².